The van der Waals surface area contributed by atoms with Crippen molar-refractivity contribution in [2.45, 2.75) is 63.9 Å². The number of carbonyl (C=O) groups is 1. The van der Waals surface area contributed by atoms with Crippen LogP contribution in [0.1, 0.15) is 58.3 Å². The third-order valence-electron chi connectivity index (χ3n) is 4.68. The van der Waals surface area contributed by atoms with Crippen molar-refractivity contribution in [3.63, 3.8) is 0 Å². The van der Waals surface area contributed by atoms with Crippen molar-refractivity contribution >= 4 is 5.91 Å². The summed E-state index contributed by atoms with van der Waals surface area (Å²) in [5, 5.41) is 13.3. The molecule has 0 heterocycles. The van der Waals surface area contributed by atoms with Crippen LogP contribution in [0.25, 0.3) is 0 Å². The molecular weight excluding hydrogens is 214 g/mol. The fourth-order valence-corrected chi connectivity index (χ4v) is 2.87. The fourth-order valence-electron chi connectivity index (χ4n) is 2.87. The summed E-state index contributed by atoms with van der Waals surface area (Å²) < 4.78 is 0. The zero-order valence-corrected chi connectivity index (χ0v) is 10.9. The van der Waals surface area contributed by atoms with E-state index in [9.17, 15) is 9.90 Å². The van der Waals surface area contributed by atoms with Gasteiger partial charge in [-0.15, -0.1) is 0 Å². The predicted octanol–water partition coefficient (Wildman–Crippen LogP) is 2.23. The minimum atomic E-state index is -0.634. The second kappa shape index (κ2) is 5.38. The number of amides is 1. The maximum Gasteiger partial charge on any atom is 0.223 e. The number of rotatable bonds is 4. The first kappa shape index (κ1) is 12.9. The Morgan fingerprint density at radius 1 is 1.29 bits per heavy atom. The summed E-state index contributed by atoms with van der Waals surface area (Å²) in [6, 6.07) is 0. The molecular formula is C14H25NO2. The van der Waals surface area contributed by atoms with Crippen LogP contribution in [0.3, 0.4) is 0 Å². The van der Waals surface area contributed by atoms with Gasteiger partial charge in [-0.3, -0.25) is 4.79 Å². The lowest BCUT2D eigenvalue weighted by Crippen LogP contribution is -2.47. The van der Waals surface area contributed by atoms with Crippen molar-refractivity contribution in [3.05, 3.63) is 0 Å². The Balaban J connectivity index is 1.72. The minimum Gasteiger partial charge on any atom is -0.388 e. The van der Waals surface area contributed by atoms with Gasteiger partial charge in [0.2, 0.25) is 5.91 Å². The summed E-state index contributed by atoms with van der Waals surface area (Å²) in [7, 11) is 0. The van der Waals surface area contributed by atoms with Gasteiger partial charge < -0.3 is 10.4 Å². The van der Waals surface area contributed by atoms with Gasteiger partial charge in [0, 0.05) is 12.5 Å². The molecule has 2 saturated carbocycles. The molecule has 0 unspecified atom stereocenters. The Hall–Kier alpha value is -0.570. The minimum absolute atomic E-state index is 0.155. The summed E-state index contributed by atoms with van der Waals surface area (Å²) in [6.45, 7) is 2.67. The van der Waals surface area contributed by atoms with Crippen molar-refractivity contribution < 1.29 is 9.90 Å². The molecule has 98 valence electrons. The third kappa shape index (κ3) is 3.21. The van der Waals surface area contributed by atoms with E-state index in [1.165, 1.54) is 12.8 Å². The van der Waals surface area contributed by atoms with Crippen LogP contribution >= 0.6 is 0 Å². The lowest BCUT2D eigenvalue weighted by molar-refractivity contribution is -0.129. The molecule has 2 N–H and O–H groups in total. The molecule has 2 fully saturated rings. The van der Waals surface area contributed by atoms with E-state index in [0.717, 1.165) is 44.4 Å². The molecule has 0 atom stereocenters. The molecule has 0 aromatic heterocycles. The second-order valence-electron chi connectivity index (χ2n) is 5.92. The maximum atomic E-state index is 11.7. The van der Waals surface area contributed by atoms with Gasteiger partial charge in [-0.1, -0.05) is 19.8 Å². The Bertz CT molecular complexity index is 265. The highest BCUT2D eigenvalue weighted by atomic mass is 16.3. The molecule has 0 bridgehead atoms. The lowest BCUT2D eigenvalue weighted by Gasteiger charge is -2.36. The highest BCUT2D eigenvalue weighted by molar-refractivity contribution is 5.79. The number of aliphatic hydroxyl groups is 1. The maximum absolute atomic E-state index is 11.7. The molecule has 3 nitrogen and oxygen atoms in total. The van der Waals surface area contributed by atoms with E-state index in [2.05, 4.69) is 12.2 Å². The third-order valence-corrected chi connectivity index (χ3v) is 4.68. The van der Waals surface area contributed by atoms with E-state index in [4.69, 9.17) is 0 Å². The van der Waals surface area contributed by atoms with Gasteiger partial charge in [0.25, 0.3) is 0 Å². The molecule has 17 heavy (non-hydrogen) atoms. The van der Waals surface area contributed by atoms with Crippen LogP contribution in [0.4, 0.5) is 0 Å². The van der Waals surface area contributed by atoms with Gasteiger partial charge >= 0.3 is 0 Å². The molecule has 0 saturated heterocycles. The van der Waals surface area contributed by atoms with E-state index in [-0.39, 0.29) is 11.8 Å². The molecule has 0 aromatic rings. The zero-order chi connectivity index (χ0) is 12.3. The predicted molar refractivity (Wildman–Crippen MR) is 67.5 cm³/mol. The topological polar surface area (TPSA) is 49.3 Å². The summed E-state index contributed by atoms with van der Waals surface area (Å²) in [6.07, 6.45) is 8.35. The first-order valence-corrected chi connectivity index (χ1v) is 7.13. The van der Waals surface area contributed by atoms with Crippen molar-refractivity contribution in [3.8, 4) is 0 Å². The quantitative estimate of drug-likeness (QED) is 0.790. The van der Waals surface area contributed by atoms with Gasteiger partial charge in [-0.05, 0) is 44.4 Å². The van der Waals surface area contributed by atoms with E-state index >= 15 is 0 Å². The first-order valence-electron chi connectivity index (χ1n) is 7.13. The number of hydrogen-bond donors (Lipinski definition) is 2. The molecule has 2 rings (SSSR count). The molecule has 2 aliphatic rings. The van der Waals surface area contributed by atoms with Crippen LogP contribution in [0, 0.1) is 11.8 Å². The standard InChI is InChI=1S/C14H25NO2/c1-2-11-6-8-14(17,9-7-11)10-15-13(16)12-4-3-5-12/h11-12,17H,2-10H2,1H3,(H,15,16). The average molecular weight is 239 g/mol. The number of hydrogen-bond acceptors (Lipinski definition) is 2. The SMILES string of the molecule is CCC1CCC(O)(CNC(=O)C2CCC2)CC1. The van der Waals surface area contributed by atoms with Crippen LogP contribution in [-0.2, 0) is 4.79 Å². The van der Waals surface area contributed by atoms with Crippen molar-refractivity contribution in [2.75, 3.05) is 6.54 Å². The molecule has 0 aromatic carbocycles. The lowest BCUT2D eigenvalue weighted by atomic mass is 9.77. The van der Waals surface area contributed by atoms with Gasteiger partial charge in [-0.25, -0.2) is 0 Å². The van der Waals surface area contributed by atoms with Gasteiger partial charge in [0.15, 0.2) is 0 Å². The van der Waals surface area contributed by atoms with Gasteiger partial charge in [0.1, 0.15) is 0 Å². The fraction of sp³-hybridized carbons (Fsp3) is 0.929. The normalized spacial score (nSPS) is 34.1. The van der Waals surface area contributed by atoms with E-state index in [1.54, 1.807) is 0 Å². The molecule has 2 aliphatic carbocycles. The van der Waals surface area contributed by atoms with E-state index < -0.39 is 5.60 Å². The Morgan fingerprint density at radius 3 is 2.41 bits per heavy atom. The molecule has 1 amide bonds. The Kier molecular flexibility index (Phi) is 4.08. The zero-order valence-electron chi connectivity index (χ0n) is 10.9. The van der Waals surface area contributed by atoms with Gasteiger partial charge in [-0.2, -0.15) is 0 Å². The van der Waals surface area contributed by atoms with Crippen molar-refractivity contribution in [2.24, 2.45) is 11.8 Å². The molecule has 0 spiro atoms. The smallest absolute Gasteiger partial charge is 0.223 e. The van der Waals surface area contributed by atoms with Crippen LogP contribution in [0.15, 0.2) is 0 Å². The molecule has 0 aliphatic heterocycles. The Labute approximate surface area is 104 Å². The first-order chi connectivity index (χ1) is 8.13. The van der Waals surface area contributed by atoms with Crippen LogP contribution in [-0.4, -0.2) is 23.2 Å². The highest BCUT2D eigenvalue weighted by Gasteiger charge is 2.34. The van der Waals surface area contributed by atoms with Crippen molar-refractivity contribution in [1.82, 2.24) is 5.32 Å². The second-order valence-corrected chi connectivity index (χ2v) is 5.92. The van der Waals surface area contributed by atoms with Gasteiger partial charge in [0.05, 0.1) is 5.60 Å². The van der Waals surface area contributed by atoms with E-state index in [0.29, 0.717) is 6.54 Å². The summed E-state index contributed by atoms with van der Waals surface area (Å²) in [5.41, 5.74) is -0.634. The van der Waals surface area contributed by atoms with Crippen LogP contribution in [0.5, 0.6) is 0 Å². The summed E-state index contributed by atoms with van der Waals surface area (Å²) in [5.74, 6) is 1.16. The Morgan fingerprint density at radius 2 is 1.94 bits per heavy atom. The summed E-state index contributed by atoms with van der Waals surface area (Å²) >= 11 is 0. The van der Waals surface area contributed by atoms with Crippen LogP contribution < -0.4 is 5.32 Å². The highest BCUT2D eigenvalue weighted by Crippen LogP contribution is 2.33. The molecule has 3 heteroatoms. The largest absolute Gasteiger partial charge is 0.388 e. The summed E-state index contributed by atoms with van der Waals surface area (Å²) in [4.78, 5) is 11.7. The number of carbonyl (C=O) groups excluding carboxylic acids is 1. The van der Waals surface area contributed by atoms with E-state index in [1.807, 2.05) is 0 Å². The number of nitrogens with one attached hydrogen (secondary N) is 1. The van der Waals surface area contributed by atoms with Crippen molar-refractivity contribution in [1.29, 1.82) is 0 Å². The monoisotopic (exact) mass is 239 g/mol. The average Bonchev–Trinajstić information content (AvgIpc) is 2.25. The molecule has 0 radical (unpaired) electrons. The van der Waals surface area contributed by atoms with Crippen LogP contribution in [0.2, 0.25) is 0 Å².